The molecule has 1 aromatic carbocycles. The van der Waals surface area contributed by atoms with Gasteiger partial charge in [-0.2, -0.15) is 18.3 Å². The minimum absolute atomic E-state index is 0.0362. The van der Waals surface area contributed by atoms with Gasteiger partial charge in [0.1, 0.15) is 17.8 Å². The van der Waals surface area contributed by atoms with Crippen molar-refractivity contribution in [2.24, 2.45) is 11.0 Å². The number of piperidine rings is 1. The highest BCUT2D eigenvalue weighted by atomic mass is 19.4. The van der Waals surface area contributed by atoms with Gasteiger partial charge >= 0.3 is 6.18 Å². The van der Waals surface area contributed by atoms with Crippen LogP contribution in [0.2, 0.25) is 0 Å². The van der Waals surface area contributed by atoms with Crippen molar-refractivity contribution in [1.29, 1.82) is 0 Å². The predicted molar refractivity (Wildman–Crippen MR) is 101 cm³/mol. The van der Waals surface area contributed by atoms with Gasteiger partial charge in [0.15, 0.2) is 0 Å². The topological polar surface area (TPSA) is 61.7 Å². The standard InChI is InChI=1S/C20H20F3N5O/c21-20(22,23)17-12-18(25-13-24-17)27-10-7-15(8-11-27)19(29)28-16(6-9-26-28)14-4-2-1-3-5-14/h1-5,9,12-13,15-16H,6-8,10-11H2/t16-/m0/s1. The molecule has 0 radical (unpaired) electrons. The maximum atomic E-state index is 13.0. The Labute approximate surface area is 166 Å². The second-order valence-corrected chi connectivity index (χ2v) is 7.16. The molecule has 1 saturated heterocycles. The van der Waals surface area contributed by atoms with E-state index in [-0.39, 0.29) is 23.7 Å². The van der Waals surface area contributed by atoms with Crippen LogP contribution in [0, 0.1) is 5.92 Å². The number of anilines is 1. The van der Waals surface area contributed by atoms with Crippen LogP contribution in [-0.2, 0) is 11.0 Å². The molecule has 1 atom stereocenters. The van der Waals surface area contributed by atoms with Crippen molar-refractivity contribution >= 4 is 17.9 Å². The van der Waals surface area contributed by atoms with Crippen LogP contribution in [0.4, 0.5) is 19.0 Å². The summed E-state index contributed by atoms with van der Waals surface area (Å²) in [4.78, 5) is 22.1. The third kappa shape index (κ3) is 4.08. The zero-order valence-corrected chi connectivity index (χ0v) is 15.6. The summed E-state index contributed by atoms with van der Waals surface area (Å²) in [6.45, 7) is 0.913. The third-order valence-corrected chi connectivity index (χ3v) is 5.35. The van der Waals surface area contributed by atoms with Crippen LogP contribution in [0.25, 0.3) is 0 Å². The average Bonchev–Trinajstić information content (AvgIpc) is 3.23. The molecule has 0 N–H and O–H groups in total. The molecule has 0 spiro atoms. The molecule has 1 aromatic heterocycles. The molecule has 2 aliphatic rings. The molecule has 2 aromatic rings. The van der Waals surface area contributed by atoms with Gasteiger partial charge in [0.2, 0.25) is 5.91 Å². The molecule has 1 amide bonds. The Hall–Kier alpha value is -2.97. The Kier molecular flexibility index (Phi) is 5.21. The molecule has 4 rings (SSSR count). The van der Waals surface area contributed by atoms with Crippen LogP contribution in [-0.4, -0.2) is 40.2 Å². The van der Waals surface area contributed by atoms with Crippen molar-refractivity contribution < 1.29 is 18.0 Å². The molecule has 6 nitrogen and oxygen atoms in total. The van der Waals surface area contributed by atoms with Gasteiger partial charge in [-0.25, -0.2) is 15.0 Å². The van der Waals surface area contributed by atoms with E-state index in [9.17, 15) is 18.0 Å². The molecule has 2 aliphatic heterocycles. The Morgan fingerprint density at radius 1 is 1.07 bits per heavy atom. The SMILES string of the molecule is O=C(C1CCN(c2cc(C(F)(F)F)ncn2)CC1)N1N=CC[C@H]1c1ccccc1. The molecule has 0 unspecified atom stereocenters. The second kappa shape index (κ2) is 7.81. The lowest BCUT2D eigenvalue weighted by atomic mass is 9.94. The fourth-order valence-corrected chi connectivity index (χ4v) is 3.80. The quantitative estimate of drug-likeness (QED) is 0.785. The first-order chi connectivity index (χ1) is 13.9. The van der Waals surface area contributed by atoms with Gasteiger partial charge in [-0.15, -0.1) is 0 Å². The van der Waals surface area contributed by atoms with Gasteiger partial charge in [0, 0.05) is 37.7 Å². The van der Waals surface area contributed by atoms with Crippen molar-refractivity contribution in [3.63, 3.8) is 0 Å². The number of halogens is 3. The molecule has 0 bridgehead atoms. The Morgan fingerprint density at radius 2 is 1.79 bits per heavy atom. The van der Waals surface area contributed by atoms with E-state index >= 15 is 0 Å². The highest BCUT2D eigenvalue weighted by Gasteiger charge is 2.36. The summed E-state index contributed by atoms with van der Waals surface area (Å²) in [5.74, 6) is -0.0119. The number of hydrazone groups is 1. The van der Waals surface area contributed by atoms with Crippen molar-refractivity contribution in [3.05, 3.63) is 54.0 Å². The monoisotopic (exact) mass is 403 g/mol. The van der Waals surface area contributed by atoms with Crippen LogP contribution >= 0.6 is 0 Å². The zero-order chi connectivity index (χ0) is 20.4. The van der Waals surface area contributed by atoms with Crippen molar-refractivity contribution in [2.45, 2.75) is 31.5 Å². The summed E-state index contributed by atoms with van der Waals surface area (Å²) in [5, 5.41) is 5.84. The summed E-state index contributed by atoms with van der Waals surface area (Å²) >= 11 is 0. The minimum atomic E-state index is -4.51. The van der Waals surface area contributed by atoms with Crippen LogP contribution < -0.4 is 4.90 Å². The van der Waals surface area contributed by atoms with Crippen molar-refractivity contribution in [3.8, 4) is 0 Å². The fraction of sp³-hybridized carbons (Fsp3) is 0.400. The largest absolute Gasteiger partial charge is 0.433 e. The van der Waals surface area contributed by atoms with Crippen molar-refractivity contribution in [1.82, 2.24) is 15.0 Å². The normalized spacial score (nSPS) is 20.3. The lowest BCUT2D eigenvalue weighted by Gasteiger charge is -2.34. The van der Waals surface area contributed by atoms with E-state index in [2.05, 4.69) is 15.1 Å². The van der Waals surface area contributed by atoms with Crippen LogP contribution in [0.3, 0.4) is 0 Å². The summed E-state index contributed by atoms with van der Waals surface area (Å²) in [5.41, 5.74) is 0.0780. The Morgan fingerprint density at radius 3 is 2.48 bits per heavy atom. The Balaban J connectivity index is 1.41. The van der Waals surface area contributed by atoms with Crippen LogP contribution in [0.15, 0.2) is 47.8 Å². The minimum Gasteiger partial charge on any atom is -0.356 e. The van der Waals surface area contributed by atoms with E-state index in [1.54, 1.807) is 16.1 Å². The van der Waals surface area contributed by atoms with E-state index in [0.29, 0.717) is 32.4 Å². The first kappa shape index (κ1) is 19.4. The first-order valence-corrected chi connectivity index (χ1v) is 9.48. The van der Waals surface area contributed by atoms with Gasteiger partial charge in [0.25, 0.3) is 0 Å². The second-order valence-electron chi connectivity index (χ2n) is 7.16. The highest BCUT2D eigenvalue weighted by Crippen LogP contribution is 2.33. The summed E-state index contributed by atoms with van der Waals surface area (Å²) in [6, 6.07) is 10.6. The lowest BCUT2D eigenvalue weighted by Crippen LogP contribution is -2.41. The number of carbonyl (C=O) groups is 1. The Bertz CT molecular complexity index is 894. The molecule has 0 saturated carbocycles. The molecule has 0 aliphatic carbocycles. The smallest absolute Gasteiger partial charge is 0.356 e. The van der Waals surface area contributed by atoms with E-state index in [4.69, 9.17) is 0 Å². The van der Waals surface area contributed by atoms with Crippen LogP contribution in [0.5, 0.6) is 0 Å². The van der Waals surface area contributed by atoms with E-state index in [1.807, 2.05) is 30.3 Å². The number of amides is 1. The number of aromatic nitrogens is 2. The van der Waals surface area contributed by atoms with Gasteiger partial charge in [-0.05, 0) is 18.4 Å². The molecule has 1 fully saturated rings. The van der Waals surface area contributed by atoms with E-state index in [1.165, 1.54) is 0 Å². The maximum Gasteiger partial charge on any atom is 0.433 e. The first-order valence-electron chi connectivity index (χ1n) is 9.48. The molecule has 152 valence electrons. The van der Waals surface area contributed by atoms with Gasteiger partial charge < -0.3 is 4.90 Å². The molecular formula is C20H20F3N5O. The summed E-state index contributed by atoms with van der Waals surface area (Å²) < 4.78 is 38.6. The highest BCUT2D eigenvalue weighted by molar-refractivity contribution is 5.82. The summed E-state index contributed by atoms with van der Waals surface area (Å²) in [7, 11) is 0. The average molecular weight is 403 g/mol. The van der Waals surface area contributed by atoms with Gasteiger partial charge in [0.05, 0.1) is 6.04 Å². The number of carbonyl (C=O) groups excluding carboxylic acids is 1. The molecule has 3 heterocycles. The number of alkyl halides is 3. The van der Waals surface area contributed by atoms with E-state index in [0.717, 1.165) is 18.0 Å². The third-order valence-electron chi connectivity index (χ3n) is 5.35. The van der Waals surface area contributed by atoms with Crippen molar-refractivity contribution in [2.75, 3.05) is 18.0 Å². The zero-order valence-electron chi connectivity index (χ0n) is 15.6. The predicted octanol–water partition coefficient (Wildman–Crippen LogP) is 3.67. The number of nitrogens with zero attached hydrogens (tertiary/aromatic N) is 5. The molecule has 9 heteroatoms. The molecule has 29 heavy (non-hydrogen) atoms. The van der Waals surface area contributed by atoms with Gasteiger partial charge in [-0.3, -0.25) is 4.79 Å². The molecular weight excluding hydrogens is 383 g/mol. The van der Waals surface area contributed by atoms with Gasteiger partial charge in [-0.1, -0.05) is 30.3 Å². The fourth-order valence-electron chi connectivity index (χ4n) is 3.80. The number of benzene rings is 1. The van der Waals surface area contributed by atoms with Crippen LogP contribution in [0.1, 0.15) is 36.6 Å². The summed E-state index contributed by atoms with van der Waals surface area (Å²) in [6.07, 6.45) is -0.0690. The van der Waals surface area contributed by atoms with E-state index < -0.39 is 11.9 Å². The maximum absolute atomic E-state index is 13.0. The number of rotatable bonds is 3. The number of hydrogen-bond acceptors (Lipinski definition) is 5. The lowest BCUT2D eigenvalue weighted by molar-refractivity contribution is -0.141. The number of hydrogen-bond donors (Lipinski definition) is 0.